The molecule has 1 aromatic carbocycles. The van der Waals surface area contributed by atoms with Crippen LogP contribution in [0.15, 0.2) is 30.5 Å². The van der Waals surface area contributed by atoms with Gasteiger partial charge in [-0.2, -0.15) is 4.98 Å². The van der Waals surface area contributed by atoms with E-state index in [-0.39, 0.29) is 5.54 Å². The van der Waals surface area contributed by atoms with E-state index in [0.29, 0.717) is 5.95 Å². The molecule has 0 aliphatic rings. The highest BCUT2D eigenvalue weighted by Crippen LogP contribution is 2.20. The van der Waals surface area contributed by atoms with Crippen LogP contribution in [0, 0.1) is 13.8 Å². The van der Waals surface area contributed by atoms with E-state index in [2.05, 4.69) is 73.4 Å². The van der Waals surface area contributed by atoms with E-state index in [9.17, 15) is 0 Å². The number of hydrogen-bond donors (Lipinski definition) is 2. The highest BCUT2D eigenvalue weighted by atomic mass is 15.2. The number of anilines is 3. The van der Waals surface area contributed by atoms with Crippen molar-refractivity contribution >= 4 is 17.5 Å². The summed E-state index contributed by atoms with van der Waals surface area (Å²) in [5.41, 5.74) is 3.40. The Hall–Kier alpha value is -2.10. The molecule has 1 heterocycles. The Labute approximate surface area is 120 Å². The molecule has 20 heavy (non-hydrogen) atoms. The second-order valence-electron chi connectivity index (χ2n) is 6.08. The van der Waals surface area contributed by atoms with Crippen molar-refractivity contribution in [2.75, 3.05) is 10.6 Å². The first-order chi connectivity index (χ1) is 9.33. The van der Waals surface area contributed by atoms with Crippen molar-refractivity contribution in [3.63, 3.8) is 0 Å². The van der Waals surface area contributed by atoms with Crippen LogP contribution < -0.4 is 10.6 Å². The average molecular weight is 270 g/mol. The lowest BCUT2D eigenvalue weighted by Gasteiger charge is -2.21. The quantitative estimate of drug-likeness (QED) is 0.883. The largest absolute Gasteiger partial charge is 0.365 e. The highest BCUT2D eigenvalue weighted by Gasteiger charge is 2.10. The minimum absolute atomic E-state index is 0.0229. The number of nitrogens with zero attached hydrogens (tertiary/aromatic N) is 2. The average Bonchev–Trinajstić information content (AvgIpc) is 2.32. The maximum absolute atomic E-state index is 4.49. The fourth-order valence-electron chi connectivity index (χ4n) is 1.86. The minimum Gasteiger partial charge on any atom is -0.365 e. The summed E-state index contributed by atoms with van der Waals surface area (Å²) in [6.45, 7) is 10.5. The molecule has 1 aromatic heterocycles. The first-order valence-electron chi connectivity index (χ1n) is 6.79. The molecule has 0 atom stereocenters. The Kier molecular flexibility index (Phi) is 3.93. The summed E-state index contributed by atoms with van der Waals surface area (Å²) in [7, 11) is 0. The van der Waals surface area contributed by atoms with Gasteiger partial charge in [0.05, 0.1) is 0 Å². The summed E-state index contributed by atoms with van der Waals surface area (Å²) < 4.78 is 0. The van der Waals surface area contributed by atoms with Gasteiger partial charge in [-0.25, -0.2) is 4.98 Å². The van der Waals surface area contributed by atoms with Gasteiger partial charge < -0.3 is 10.6 Å². The van der Waals surface area contributed by atoms with E-state index in [1.807, 2.05) is 6.07 Å². The van der Waals surface area contributed by atoms with Gasteiger partial charge in [0.15, 0.2) is 0 Å². The van der Waals surface area contributed by atoms with Gasteiger partial charge in [-0.05, 0) is 57.9 Å². The van der Waals surface area contributed by atoms with Crippen molar-refractivity contribution < 1.29 is 0 Å². The predicted octanol–water partition coefficient (Wildman–Crippen LogP) is 4.05. The van der Waals surface area contributed by atoms with Crippen LogP contribution in [0.5, 0.6) is 0 Å². The third-order valence-electron chi connectivity index (χ3n) is 2.80. The molecule has 0 saturated carbocycles. The number of aryl methyl sites for hydroxylation is 2. The van der Waals surface area contributed by atoms with Gasteiger partial charge in [0.25, 0.3) is 0 Å². The molecule has 2 rings (SSSR count). The molecule has 0 saturated heterocycles. The number of aromatic nitrogens is 2. The Morgan fingerprint density at radius 1 is 1.05 bits per heavy atom. The Morgan fingerprint density at radius 3 is 2.50 bits per heavy atom. The Morgan fingerprint density at radius 2 is 1.80 bits per heavy atom. The fraction of sp³-hybridized carbons (Fsp3) is 0.375. The molecule has 0 amide bonds. The SMILES string of the molecule is Cc1ccc(C)c(Nc2nccc(NC(C)(C)C)n2)c1. The van der Waals surface area contributed by atoms with E-state index in [4.69, 9.17) is 0 Å². The van der Waals surface area contributed by atoms with E-state index < -0.39 is 0 Å². The number of rotatable bonds is 3. The summed E-state index contributed by atoms with van der Waals surface area (Å²) in [6, 6.07) is 8.16. The minimum atomic E-state index is -0.0229. The van der Waals surface area contributed by atoms with E-state index in [1.54, 1.807) is 6.20 Å². The molecule has 0 unspecified atom stereocenters. The van der Waals surface area contributed by atoms with Gasteiger partial charge in [0.1, 0.15) is 5.82 Å². The second-order valence-corrected chi connectivity index (χ2v) is 6.08. The highest BCUT2D eigenvalue weighted by molar-refractivity contribution is 5.60. The van der Waals surface area contributed by atoms with Crippen molar-refractivity contribution in [3.05, 3.63) is 41.6 Å². The van der Waals surface area contributed by atoms with Crippen LogP contribution in [-0.2, 0) is 0 Å². The maximum atomic E-state index is 4.49. The molecular weight excluding hydrogens is 248 g/mol. The molecule has 0 aliphatic heterocycles. The van der Waals surface area contributed by atoms with Crippen molar-refractivity contribution in [1.29, 1.82) is 0 Å². The van der Waals surface area contributed by atoms with Crippen molar-refractivity contribution in [2.45, 2.75) is 40.2 Å². The third-order valence-corrected chi connectivity index (χ3v) is 2.80. The molecule has 0 fully saturated rings. The molecule has 0 spiro atoms. The van der Waals surface area contributed by atoms with Crippen LogP contribution in [0.1, 0.15) is 31.9 Å². The summed E-state index contributed by atoms with van der Waals surface area (Å²) in [5, 5.41) is 6.62. The van der Waals surface area contributed by atoms with Gasteiger partial charge in [-0.15, -0.1) is 0 Å². The lowest BCUT2D eigenvalue weighted by atomic mass is 10.1. The topological polar surface area (TPSA) is 49.8 Å². The van der Waals surface area contributed by atoms with Gasteiger partial charge in [0.2, 0.25) is 5.95 Å². The summed E-state index contributed by atoms with van der Waals surface area (Å²) in [5.74, 6) is 1.42. The lowest BCUT2D eigenvalue weighted by molar-refractivity contribution is 0.630. The normalized spacial score (nSPS) is 11.2. The predicted molar refractivity (Wildman–Crippen MR) is 84.6 cm³/mol. The van der Waals surface area contributed by atoms with Crippen LogP contribution in [0.3, 0.4) is 0 Å². The molecule has 0 aliphatic carbocycles. The Balaban J connectivity index is 2.21. The standard InChI is InChI=1S/C16H22N4/c1-11-6-7-12(2)13(10-11)18-15-17-9-8-14(19-15)20-16(3,4)5/h6-10H,1-5H3,(H2,17,18,19,20). The Bertz CT molecular complexity index is 600. The van der Waals surface area contributed by atoms with E-state index in [0.717, 1.165) is 11.5 Å². The molecule has 0 bridgehead atoms. The van der Waals surface area contributed by atoms with Crippen molar-refractivity contribution in [1.82, 2.24) is 9.97 Å². The molecule has 106 valence electrons. The fourth-order valence-corrected chi connectivity index (χ4v) is 1.86. The van der Waals surface area contributed by atoms with Gasteiger partial charge in [-0.3, -0.25) is 0 Å². The molecule has 2 aromatic rings. The summed E-state index contributed by atoms with van der Waals surface area (Å²) in [6.07, 6.45) is 1.76. The molecule has 2 N–H and O–H groups in total. The molecular formula is C16H22N4. The van der Waals surface area contributed by atoms with Crippen LogP contribution in [0.4, 0.5) is 17.5 Å². The van der Waals surface area contributed by atoms with Gasteiger partial charge in [0, 0.05) is 17.4 Å². The van der Waals surface area contributed by atoms with Crippen LogP contribution in [0.25, 0.3) is 0 Å². The number of benzene rings is 1. The lowest BCUT2D eigenvalue weighted by Crippen LogP contribution is -2.26. The monoisotopic (exact) mass is 270 g/mol. The van der Waals surface area contributed by atoms with Crippen LogP contribution in [0.2, 0.25) is 0 Å². The van der Waals surface area contributed by atoms with Crippen LogP contribution in [-0.4, -0.2) is 15.5 Å². The van der Waals surface area contributed by atoms with Gasteiger partial charge >= 0.3 is 0 Å². The van der Waals surface area contributed by atoms with E-state index in [1.165, 1.54) is 11.1 Å². The zero-order valence-corrected chi connectivity index (χ0v) is 12.8. The molecule has 4 heteroatoms. The first-order valence-corrected chi connectivity index (χ1v) is 6.79. The maximum Gasteiger partial charge on any atom is 0.229 e. The van der Waals surface area contributed by atoms with E-state index >= 15 is 0 Å². The molecule has 0 radical (unpaired) electrons. The second kappa shape index (κ2) is 5.49. The summed E-state index contributed by atoms with van der Waals surface area (Å²) >= 11 is 0. The third kappa shape index (κ3) is 3.95. The summed E-state index contributed by atoms with van der Waals surface area (Å²) in [4.78, 5) is 8.76. The van der Waals surface area contributed by atoms with Crippen LogP contribution >= 0.6 is 0 Å². The van der Waals surface area contributed by atoms with Crippen molar-refractivity contribution in [2.24, 2.45) is 0 Å². The first kappa shape index (κ1) is 14.3. The zero-order valence-electron chi connectivity index (χ0n) is 12.8. The zero-order chi connectivity index (χ0) is 14.8. The van der Waals surface area contributed by atoms with Crippen molar-refractivity contribution in [3.8, 4) is 0 Å². The number of nitrogens with one attached hydrogen (secondary N) is 2. The van der Waals surface area contributed by atoms with Gasteiger partial charge in [-0.1, -0.05) is 12.1 Å². The number of hydrogen-bond acceptors (Lipinski definition) is 4. The molecule has 4 nitrogen and oxygen atoms in total. The smallest absolute Gasteiger partial charge is 0.229 e.